The van der Waals surface area contributed by atoms with Crippen LogP contribution in [0.3, 0.4) is 0 Å². The van der Waals surface area contributed by atoms with Gasteiger partial charge in [0.2, 0.25) is 0 Å². The zero-order valence-electron chi connectivity index (χ0n) is 12.6. The molecule has 0 aromatic heterocycles. The van der Waals surface area contributed by atoms with E-state index in [1.807, 2.05) is 0 Å². The molecule has 0 atom stereocenters. The van der Waals surface area contributed by atoms with Gasteiger partial charge in [-0.15, -0.1) is 0 Å². The Bertz CT molecular complexity index is 513. The number of hydrogen-bond acceptors (Lipinski definition) is 2. The lowest BCUT2D eigenvalue weighted by molar-refractivity contribution is 0.0797. The monoisotopic (exact) mass is 312 g/mol. The summed E-state index contributed by atoms with van der Waals surface area (Å²) in [6, 6.07) is 3.82. The summed E-state index contributed by atoms with van der Waals surface area (Å²) in [7, 11) is 0. The number of nitrogens with zero attached hydrogens (tertiary/aromatic N) is 1. The van der Waals surface area contributed by atoms with E-state index in [9.17, 15) is 9.18 Å². The molecule has 0 spiro atoms. The molecule has 116 valence electrons. The second kappa shape index (κ2) is 6.75. The average Bonchev–Trinajstić information content (AvgIpc) is 2.46. The third kappa shape index (κ3) is 4.17. The number of carbonyl (C=O) groups is 1. The van der Waals surface area contributed by atoms with Crippen molar-refractivity contribution in [2.75, 3.05) is 19.6 Å². The number of nitrogens with one attached hydrogen (secondary N) is 1. The van der Waals surface area contributed by atoms with Crippen molar-refractivity contribution in [2.45, 2.75) is 38.6 Å². The fourth-order valence-electron chi connectivity index (χ4n) is 2.68. The van der Waals surface area contributed by atoms with Crippen molar-refractivity contribution >= 4 is 17.5 Å². The minimum absolute atomic E-state index is 0.0947. The van der Waals surface area contributed by atoms with Crippen molar-refractivity contribution in [2.24, 2.45) is 0 Å². The molecule has 1 aliphatic rings. The largest absolute Gasteiger partial charge is 0.350 e. The first-order valence-corrected chi connectivity index (χ1v) is 7.76. The highest BCUT2D eigenvalue weighted by Gasteiger charge is 2.28. The Balaban J connectivity index is 1.96. The summed E-state index contributed by atoms with van der Waals surface area (Å²) in [5.74, 6) is -0.699. The third-order valence-corrected chi connectivity index (χ3v) is 4.38. The smallest absolute Gasteiger partial charge is 0.252 e. The van der Waals surface area contributed by atoms with Gasteiger partial charge in [-0.3, -0.25) is 9.69 Å². The van der Waals surface area contributed by atoms with Crippen molar-refractivity contribution in [3.8, 4) is 0 Å². The van der Waals surface area contributed by atoms with Gasteiger partial charge in [-0.05, 0) is 58.0 Å². The SMILES string of the molecule is CC(C)(CNC(=O)c1ccc(F)cc1Cl)N1CCCCC1. The minimum atomic E-state index is -0.440. The van der Waals surface area contributed by atoms with Crippen molar-refractivity contribution < 1.29 is 9.18 Å². The molecule has 1 N–H and O–H groups in total. The number of halogens is 2. The first kappa shape index (κ1) is 16.2. The van der Waals surface area contributed by atoms with Crippen LogP contribution in [0.4, 0.5) is 4.39 Å². The van der Waals surface area contributed by atoms with E-state index in [-0.39, 0.29) is 16.5 Å². The fourth-order valence-corrected chi connectivity index (χ4v) is 2.93. The van der Waals surface area contributed by atoms with Crippen molar-refractivity contribution in [1.29, 1.82) is 0 Å². The van der Waals surface area contributed by atoms with Gasteiger partial charge in [-0.2, -0.15) is 0 Å². The summed E-state index contributed by atoms with van der Waals surface area (Å²) in [5.41, 5.74) is 0.218. The molecule has 0 saturated carbocycles. The predicted molar refractivity (Wildman–Crippen MR) is 83.2 cm³/mol. The zero-order valence-corrected chi connectivity index (χ0v) is 13.3. The van der Waals surface area contributed by atoms with Gasteiger partial charge in [0.05, 0.1) is 10.6 Å². The maximum atomic E-state index is 13.0. The molecule has 3 nitrogen and oxygen atoms in total. The number of benzene rings is 1. The Morgan fingerprint density at radius 1 is 1.33 bits per heavy atom. The van der Waals surface area contributed by atoms with Crippen LogP contribution in [0, 0.1) is 5.82 Å². The summed E-state index contributed by atoms with van der Waals surface area (Å²) >= 11 is 5.91. The van der Waals surface area contributed by atoms with Crippen molar-refractivity contribution in [3.05, 3.63) is 34.6 Å². The number of likely N-dealkylation sites (tertiary alicyclic amines) is 1. The Morgan fingerprint density at radius 3 is 2.62 bits per heavy atom. The summed E-state index contributed by atoms with van der Waals surface area (Å²) < 4.78 is 13.0. The van der Waals surface area contributed by atoms with Crippen LogP contribution in [0.15, 0.2) is 18.2 Å². The van der Waals surface area contributed by atoms with Gasteiger partial charge in [0.25, 0.3) is 5.91 Å². The average molecular weight is 313 g/mol. The second-order valence-corrected chi connectivity index (χ2v) is 6.57. The highest BCUT2D eigenvalue weighted by molar-refractivity contribution is 6.33. The normalized spacial score (nSPS) is 16.8. The molecule has 1 aromatic carbocycles. The summed E-state index contributed by atoms with van der Waals surface area (Å²) in [6.45, 7) is 6.94. The molecule has 1 saturated heterocycles. The van der Waals surface area contributed by atoms with Crippen LogP contribution in [-0.4, -0.2) is 36.0 Å². The lowest BCUT2D eigenvalue weighted by atomic mass is 9.98. The molecule has 1 fully saturated rings. The van der Waals surface area contributed by atoms with E-state index in [0.717, 1.165) is 19.2 Å². The molecule has 0 unspecified atom stereocenters. The van der Waals surface area contributed by atoms with Gasteiger partial charge in [-0.1, -0.05) is 18.0 Å². The van der Waals surface area contributed by atoms with Crippen molar-refractivity contribution in [1.82, 2.24) is 10.2 Å². The van der Waals surface area contributed by atoms with E-state index in [1.54, 1.807) is 0 Å². The highest BCUT2D eigenvalue weighted by atomic mass is 35.5. The van der Waals surface area contributed by atoms with Gasteiger partial charge < -0.3 is 5.32 Å². The number of hydrogen-bond donors (Lipinski definition) is 1. The maximum Gasteiger partial charge on any atom is 0.252 e. The minimum Gasteiger partial charge on any atom is -0.350 e. The van der Waals surface area contributed by atoms with Gasteiger partial charge in [0.15, 0.2) is 0 Å². The van der Waals surface area contributed by atoms with Crippen LogP contribution < -0.4 is 5.32 Å². The summed E-state index contributed by atoms with van der Waals surface area (Å²) in [6.07, 6.45) is 3.70. The second-order valence-electron chi connectivity index (χ2n) is 6.17. The summed E-state index contributed by atoms with van der Waals surface area (Å²) in [5, 5.41) is 3.05. The van der Waals surface area contributed by atoms with Gasteiger partial charge in [0.1, 0.15) is 5.82 Å². The van der Waals surface area contributed by atoms with Crippen molar-refractivity contribution in [3.63, 3.8) is 0 Å². The Hall–Kier alpha value is -1.13. The van der Waals surface area contributed by atoms with Gasteiger partial charge in [0, 0.05) is 12.1 Å². The highest BCUT2D eigenvalue weighted by Crippen LogP contribution is 2.21. The molecule has 1 aliphatic heterocycles. The van der Waals surface area contributed by atoms with E-state index >= 15 is 0 Å². The predicted octanol–water partition coefficient (Wildman–Crippen LogP) is 3.47. The number of rotatable bonds is 4. The summed E-state index contributed by atoms with van der Waals surface area (Å²) in [4.78, 5) is 14.6. The van der Waals surface area contributed by atoms with Crippen LogP contribution in [0.2, 0.25) is 5.02 Å². The van der Waals surface area contributed by atoms with Crippen LogP contribution in [0.5, 0.6) is 0 Å². The number of piperidine rings is 1. The molecule has 1 aromatic rings. The van der Waals surface area contributed by atoms with Crippen LogP contribution in [0.1, 0.15) is 43.5 Å². The number of amides is 1. The molecule has 0 bridgehead atoms. The van der Waals surface area contributed by atoms with Crippen LogP contribution in [-0.2, 0) is 0 Å². The molecular formula is C16H22ClFN2O. The third-order valence-electron chi connectivity index (χ3n) is 4.07. The quantitative estimate of drug-likeness (QED) is 0.923. The molecule has 1 amide bonds. The van der Waals surface area contributed by atoms with E-state index < -0.39 is 5.82 Å². The van der Waals surface area contributed by atoms with Gasteiger partial charge in [-0.25, -0.2) is 4.39 Å². The van der Waals surface area contributed by atoms with E-state index in [4.69, 9.17) is 11.6 Å². The lowest BCUT2D eigenvalue weighted by Gasteiger charge is -2.41. The first-order chi connectivity index (χ1) is 9.90. The van der Waals surface area contributed by atoms with Gasteiger partial charge >= 0.3 is 0 Å². The molecule has 5 heteroatoms. The topological polar surface area (TPSA) is 32.3 Å². The molecule has 0 radical (unpaired) electrons. The molecular weight excluding hydrogens is 291 g/mol. The Labute approximate surface area is 130 Å². The Kier molecular flexibility index (Phi) is 5.22. The molecule has 1 heterocycles. The van der Waals surface area contributed by atoms with Crippen LogP contribution >= 0.6 is 11.6 Å². The van der Waals surface area contributed by atoms with E-state index in [1.165, 1.54) is 31.4 Å². The number of carbonyl (C=O) groups excluding carboxylic acids is 1. The van der Waals surface area contributed by atoms with E-state index in [0.29, 0.717) is 12.1 Å². The van der Waals surface area contributed by atoms with E-state index in [2.05, 4.69) is 24.1 Å². The molecule has 2 rings (SSSR count). The molecule has 0 aliphatic carbocycles. The lowest BCUT2D eigenvalue weighted by Crippen LogP contribution is -2.53. The zero-order chi connectivity index (χ0) is 15.5. The Morgan fingerprint density at radius 2 is 2.00 bits per heavy atom. The molecule has 21 heavy (non-hydrogen) atoms. The fraction of sp³-hybridized carbons (Fsp3) is 0.562. The first-order valence-electron chi connectivity index (χ1n) is 7.38. The maximum absolute atomic E-state index is 13.0. The van der Waals surface area contributed by atoms with Crippen LogP contribution in [0.25, 0.3) is 0 Å². The standard InChI is InChI=1S/C16H22ClFN2O/c1-16(2,20-8-4-3-5-9-20)11-19-15(21)13-7-6-12(18)10-14(13)17/h6-7,10H,3-5,8-9,11H2,1-2H3,(H,19,21).